The summed E-state index contributed by atoms with van der Waals surface area (Å²) in [5, 5.41) is 35.8. The van der Waals surface area contributed by atoms with Crippen LogP contribution in [0.4, 0.5) is 0 Å². The Labute approximate surface area is 112 Å². The van der Waals surface area contributed by atoms with E-state index in [0.717, 1.165) is 0 Å². The molecule has 120 valence electrons. The molecule has 0 fully saturated rings. The molecule has 0 saturated carbocycles. The van der Waals surface area contributed by atoms with Crippen LogP contribution in [-0.4, -0.2) is 72.4 Å². The van der Waals surface area contributed by atoms with Crippen molar-refractivity contribution in [2.45, 2.75) is 18.3 Å². The predicted octanol–water partition coefficient (Wildman–Crippen LogP) is -3.14. The molecule has 0 aliphatic rings. The second kappa shape index (κ2) is 7.69. The van der Waals surface area contributed by atoms with Gasteiger partial charge < -0.3 is 35.1 Å². The Morgan fingerprint density at radius 1 is 1.10 bits per heavy atom. The molecule has 0 aromatic heterocycles. The lowest BCUT2D eigenvalue weighted by molar-refractivity contribution is -0.142. The summed E-state index contributed by atoms with van der Waals surface area (Å²) in [5.74, 6) is -1.39. The van der Waals surface area contributed by atoms with Gasteiger partial charge in [0.25, 0.3) is 0 Å². The first-order chi connectivity index (χ1) is 8.89. The summed E-state index contributed by atoms with van der Waals surface area (Å²) in [6, 6.07) is 0. The smallest absolute Gasteiger partial charge is 0.394 e. The fourth-order valence-corrected chi connectivity index (χ4v) is 2.45. The van der Waals surface area contributed by atoms with E-state index in [4.69, 9.17) is 30.0 Å². The summed E-state index contributed by atoms with van der Waals surface area (Å²) in [6.45, 7) is -2.31. The summed E-state index contributed by atoms with van der Waals surface area (Å²) in [4.78, 5) is 36.5. The largest absolute Gasteiger partial charge is 0.481 e. The third-order valence-electron chi connectivity index (χ3n) is 1.81. The number of aliphatic hydroxyl groups is 4. The van der Waals surface area contributed by atoms with E-state index in [1.807, 2.05) is 0 Å². The second-order valence-corrected chi connectivity index (χ2v) is 6.30. The van der Waals surface area contributed by atoms with Crippen LogP contribution in [-0.2, 0) is 22.8 Å². The molecule has 4 atom stereocenters. The molecule has 0 spiro atoms. The summed E-state index contributed by atoms with van der Waals surface area (Å²) < 4.78 is 28.5. The number of phosphoric ester groups is 1. The number of aliphatic hydroxyl groups excluding tert-OH is 4. The summed E-state index contributed by atoms with van der Waals surface area (Å²) in [6.07, 6.45) is -6.19. The van der Waals surface area contributed by atoms with Crippen LogP contribution < -0.4 is 0 Å². The van der Waals surface area contributed by atoms with Gasteiger partial charge in [-0.25, -0.2) is 9.13 Å². The zero-order valence-electron chi connectivity index (χ0n) is 9.71. The van der Waals surface area contributed by atoms with Gasteiger partial charge in [0.1, 0.15) is 24.9 Å². The zero-order chi connectivity index (χ0) is 16.1. The monoisotopic (exact) mass is 340 g/mol. The molecule has 0 aliphatic heterocycles. The van der Waals surface area contributed by atoms with E-state index in [-0.39, 0.29) is 0 Å². The number of hydrogen-bond donors (Lipinski definition) is 7. The molecular weight excluding hydrogens is 326 g/mol. The third kappa shape index (κ3) is 7.53. The van der Waals surface area contributed by atoms with Gasteiger partial charge in [0.15, 0.2) is 5.78 Å². The Kier molecular flexibility index (Phi) is 7.60. The van der Waals surface area contributed by atoms with Crippen LogP contribution in [0, 0.1) is 0 Å². The number of phosphoric acid groups is 2. The molecule has 0 bridgehead atoms. The normalized spacial score (nSPS) is 19.9. The molecule has 2 unspecified atom stereocenters. The van der Waals surface area contributed by atoms with Crippen LogP contribution >= 0.6 is 15.6 Å². The average molecular weight is 340 g/mol. The van der Waals surface area contributed by atoms with Crippen LogP contribution in [0.1, 0.15) is 0 Å². The lowest BCUT2D eigenvalue weighted by Gasteiger charge is -2.20. The van der Waals surface area contributed by atoms with E-state index in [9.17, 15) is 19.0 Å². The van der Waals surface area contributed by atoms with E-state index in [2.05, 4.69) is 8.83 Å². The number of Topliss-reactive ketones (excluding diaryl/α,β-unsaturated/α-hetero) is 1. The van der Waals surface area contributed by atoms with Crippen LogP contribution in [0.2, 0.25) is 0 Å². The number of hydrogen-bond acceptors (Lipinski definition) is 9. The molecule has 0 aromatic carbocycles. The molecule has 0 aliphatic carbocycles. The number of ketones is 1. The highest BCUT2D eigenvalue weighted by Crippen LogP contribution is 2.57. The van der Waals surface area contributed by atoms with E-state index in [0.29, 0.717) is 0 Å². The van der Waals surface area contributed by atoms with Gasteiger partial charge in [-0.3, -0.25) is 9.32 Å². The maximum Gasteiger partial charge on any atom is 0.481 e. The van der Waals surface area contributed by atoms with Crippen molar-refractivity contribution in [2.75, 3.05) is 13.2 Å². The van der Waals surface area contributed by atoms with Gasteiger partial charge in [-0.1, -0.05) is 0 Å². The first kappa shape index (κ1) is 19.8. The number of carbonyl (C=O) groups excluding carboxylic acids is 1. The lowest BCUT2D eigenvalue weighted by atomic mass is 10.1. The molecule has 14 heteroatoms. The molecule has 0 heterocycles. The van der Waals surface area contributed by atoms with Crippen molar-refractivity contribution in [3.05, 3.63) is 0 Å². The highest BCUT2D eigenvalue weighted by molar-refractivity contribution is 7.60. The number of rotatable bonds is 9. The van der Waals surface area contributed by atoms with Gasteiger partial charge in [0.05, 0.1) is 6.61 Å². The van der Waals surface area contributed by atoms with Gasteiger partial charge in [0.2, 0.25) is 0 Å². The van der Waals surface area contributed by atoms with Gasteiger partial charge in [0, 0.05) is 0 Å². The zero-order valence-corrected chi connectivity index (χ0v) is 11.5. The van der Waals surface area contributed by atoms with Crippen molar-refractivity contribution in [3.63, 3.8) is 0 Å². The standard InChI is InChI=1S/C6H14O12P2/c7-1-3(8)5(10)6(11)4(9)2-17-20(15,16)18-19(12,13)14/h3,5-8,10-11H,1-2H2,(H,15,16)(H2,12,13,14)/t3?,5-,6-/m1/s1. The van der Waals surface area contributed by atoms with Crippen molar-refractivity contribution >= 4 is 21.4 Å². The van der Waals surface area contributed by atoms with E-state index in [1.165, 1.54) is 0 Å². The Bertz CT molecular complexity index is 416. The quantitative estimate of drug-likeness (QED) is 0.207. The van der Waals surface area contributed by atoms with Crippen molar-refractivity contribution in [2.24, 2.45) is 0 Å². The Morgan fingerprint density at radius 3 is 2.00 bits per heavy atom. The SMILES string of the molecule is O=C(COP(=O)(O)OP(=O)(O)O)[C@@H](O)[C@H](O)C(O)CO. The van der Waals surface area contributed by atoms with E-state index in [1.54, 1.807) is 0 Å². The molecule has 7 N–H and O–H groups in total. The van der Waals surface area contributed by atoms with Crippen molar-refractivity contribution < 1.29 is 57.9 Å². The van der Waals surface area contributed by atoms with Crippen molar-refractivity contribution in [1.82, 2.24) is 0 Å². The predicted molar refractivity (Wildman–Crippen MR) is 59.0 cm³/mol. The topological polar surface area (TPSA) is 211 Å². The van der Waals surface area contributed by atoms with Gasteiger partial charge in [-0.05, 0) is 0 Å². The molecule has 0 saturated heterocycles. The van der Waals surface area contributed by atoms with Gasteiger partial charge in [-0.2, -0.15) is 4.31 Å². The average Bonchev–Trinajstić information content (AvgIpc) is 2.30. The maximum atomic E-state index is 11.2. The molecule has 20 heavy (non-hydrogen) atoms. The van der Waals surface area contributed by atoms with Crippen LogP contribution in [0.3, 0.4) is 0 Å². The van der Waals surface area contributed by atoms with E-state index >= 15 is 0 Å². The molecule has 0 amide bonds. The summed E-state index contributed by atoms with van der Waals surface area (Å²) in [7, 11) is -10.6. The van der Waals surface area contributed by atoms with Crippen LogP contribution in [0.5, 0.6) is 0 Å². The maximum absolute atomic E-state index is 11.2. The second-order valence-electron chi connectivity index (χ2n) is 3.47. The minimum atomic E-state index is -5.34. The Balaban J connectivity index is 4.49. The fraction of sp³-hybridized carbons (Fsp3) is 0.833. The molecule has 0 rings (SSSR count). The highest BCUT2D eigenvalue weighted by atomic mass is 31.3. The van der Waals surface area contributed by atoms with Crippen molar-refractivity contribution in [3.8, 4) is 0 Å². The van der Waals surface area contributed by atoms with Gasteiger partial charge >= 0.3 is 15.6 Å². The Hall–Kier alpha value is -0.230. The summed E-state index contributed by atoms with van der Waals surface area (Å²) >= 11 is 0. The first-order valence-corrected chi connectivity index (χ1v) is 7.84. The summed E-state index contributed by atoms with van der Waals surface area (Å²) in [5.41, 5.74) is 0. The van der Waals surface area contributed by atoms with Crippen LogP contribution in [0.15, 0.2) is 0 Å². The van der Waals surface area contributed by atoms with Crippen LogP contribution in [0.25, 0.3) is 0 Å². The Morgan fingerprint density at radius 2 is 1.60 bits per heavy atom. The highest BCUT2D eigenvalue weighted by Gasteiger charge is 2.35. The molecular formula is C6H14O12P2. The fourth-order valence-electron chi connectivity index (χ4n) is 0.897. The van der Waals surface area contributed by atoms with Crippen molar-refractivity contribution in [1.29, 1.82) is 0 Å². The van der Waals surface area contributed by atoms with E-state index < -0.39 is 53.0 Å². The molecule has 12 nitrogen and oxygen atoms in total. The third-order valence-corrected chi connectivity index (χ3v) is 3.95. The van der Waals surface area contributed by atoms with Gasteiger partial charge in [-0.15, -0.1) is 0 Å². The molecule has 0 radical (unpaired) electrons. The lowest BCUT2D eigenvalue weighted by Crippen LogP contribution is -2.45. The first-order valence-electron chi connectivity index (χ1n) is 4.81. The number of carbonyl (C=O) groups is 1. The molecule has 0 aromatic rings. The minimum Gasteiger partial charge on any atom is -0.394 e. The minimum absolute atomic E-state index is 0.966.